The Bertz CT molecular complexity index is 1010. The average Bonchev–Trinajstić information content (AvgIpc) is 3.14. The molecule has 0 N–H and O–H groups in total. The third-order valence-electron chi connectivity index (χ3n) is 5.91. The molecule has 1 aliphatic heterocycles. The van der Waals surface area contributed by atoms with E-state index < -0.39 is 0 Å². The minimum absolute atomic E-state index is 0.152. The molecule has 0 aliphatic carbocycles. The third kappa shape index (κ3) is 3.53. The molecular formula is C23H29N3OS. The molecule has 0 saturated carbocycles. The Morgan fingerprint density at radius 1 is 1.14 bits per heavy atom. The number of aryl methyl sites for hydroxylation is 2. The molecule has 0 atom stereocenters. The molecule has 0 unspecified atom stereocenters. The van der Waals surface area contributed by atoms with Gasteiger partial charge in [0.25, 0.3) is 5.56 Å². The molecule has 4 rings (SSSR count). The number of hydrogen-bond acceptors (Lipinski definition) is 4. The zero-order valence-electron chi connectivity index (χ0n) is 17.1. The number of piperidine rings is 1. The average molecular weight is 396 g/mol. The van der Waals surface area contributed by atoms with E-state index in [2.05, 4.69) is 55.4 Å². The number of hydrogen-bond donors (Lipinski definition) is 0. The molecule has 0 amide bonds. The van der Waals surface area contributed by atoms with Gasteiger partial charge in [0.2, 0.25) is 0 Å². The lowest BCUT2D eigenvalue weighted by molar-refractivity contribution is 0.215. The summed E-state index contributed by atoms with van der Waals surface area (Å²) in [4.78, 5) is 21.9. The Morgan fingerprint density at radius 3 is 2.50 bits per heavy atom. The number of fused-ring (bicyclic) bond motifs is 1. The molecule has 0 bridgehead atoms. The van der Waals surface area contributed by atoms with E-state index in [9.17, 15) is 4.79 Å². The number of thiophene rings is 1. The van der Waals surface area contributed by atoms with Crippen molar-refractivity contribution < 1.29 is 0 Å². The van der Waals surface area contributed by atoms with Gasteiger partial charge in [0.1, 0.15) is 10.7 Å². The van der Waals surface area contributed by atoms with Crippen molar-refractivity contribution in [1.82, 2.24) is 14.5 Å². The summed E-state index contributed by atoms with van der Waals surface area (Å²) in [6, 6.07) is 8.86. The van der Waals surface area contributed by atoms with Gasteiger partial charge in [-0.05, 0) is 56.9 Å². The molecule has 0 spiro atoms. The molecule has 28 heavy (non-hydrogen) atoms. The molecular weight excluding hydrogens is 366 g/mol. The fraction of sp³-hybridized carbons (Fsp3) is 0.478. The third-order valence-corrected chi connectivity index (χ3v) is 6.79. The summed E-state index contributed by atoms with van der Waals surface area (Å²) < 4.78 is 2.04. The number of aromatic nitrogens is 2. The summed E-state index contributed by atoms with van der Waals surface area (Å²) >= 11 is 1.60. The molecule has 2 aromatic heterocycles. The van der Waals surface area contributed by atoms with Crippen LogP contribution in [0.5, 0.6) is 0 Å². The quantitative estimate of drug-likeness (QED) is 0.616. The van der Waals surface area contributed by atoms with Gasteiger partial charge in [-0.2, -0.15) is 0 Å². The van der Waals surface area contributed by atoms with Crippen LogP contribution < -0.4 is 5.56 Å². The minimum Gasteiger partial charge on any atom is -0.306 e. The van der Waals surface area contributed by atoms with E-state index in [0.29, 0.717) is 0 Å². The second kappa shape index (κ2) is 8.18. The number of nitrogens with zero attached hydrogens (tertiary/aromatic N) is 3. The van der Waals surface area contributed by atoms with E-state index in [1.165, 1.54) is 5.56 Å². The largest absolute Gasteiger partial charge is 0.306 e. The van der Waals surface area contributed by atoms with E-state index in [1.54, 1.807) is 11.3 Å². The van der Waals surface area contributed by atoms with Crippen molar-refractivity contribution in [2.24, 2.45) is 0 Å². The van der Waals surface area contributed by atoms with Crippen LogP contribution in [0.1, 0.15) is 50.5 Å². The van der Waals surface area contributed by atoms with Crippen LogP contribution in [0.2, 0.25) is 0 Å². The topological polar surface area (TPSA) is 38.1 Å². The van der Waals surface area contributed by atoms with Gasteiger partial charge < -0.3 is 4.90 Å². The van der Waals surface area contributed by atoms with E-state index in [-0.39, 0.29) is 11.6 Å². The zero-order chi connectivity index (χ0) is 19.7. The van der Waals surface area contributed by atoms with Gasteiger partial charge in [-0.25, -0.2) is 4.98 Å². The standard InChI is InChI=1S/C23H29N3OS/c1-4-6-20-24-22-21(23(27)26(20)18-11-13-25(3)14-12-18)19(15-28-22)17-9-7-16(5-2)8-10-17/h7-10,15,18H,4-6,11-14H2,1-3H3. The lowest BCUT2D eigenvalue weighted by Crippen LogP contribution is -2.37. The van der Waals surface area contributed by atoms with Crippen LogP contribution in [0.3, 0.4) is 0 Å². The maximum atomic E-state index is 13.7. The second-order valence-electron chi connectivity index (χ2n) is 7.87. The van der Waals surface area contributed by atoms with Crippen LogP contribution in [-0.4, -0.2) is 34.6 Å². The Balaban J connectivity index is 1.86. The lowest BCUT2D eigenvalue weighted by atomic mass is 10.0. The fourth-order valence-corrected chi connectivity index (χ4v) is 5.16. The summed E-state index contributed by atoms with van der Waals surface area (Å²) in [5.74, 6) is 0.962. The van der Waals surface area contributed by atoms with Gasteiger partial charge in [-0.1, -0.05) is 38.1 Å². The first-order valence-electron chi connectivity index (χ1n) is 10.4. The highest BCUT2D eigenvalue weighted by Crippen LogP contribution is 2.32. The summed E-state index contributed by atoms with van der Waals surface area (Å²) in [5, 5.41) is 2.90. The Labute approximate surface area is 170 Å². The van der Waals surface area contributed by atoms with Crippen molar-refractivity contribution >= 4 is 21.6 Å². The van der Waals surface area contributed by atoms with Crippen molar-refractivity contribution in [2.45, 2.75) is 52.0 Å². The Kier molecular flexibility index (Phi) is 5.65. The van der Waals surface area contributed by atoms with Crippen LogP contribution in [-0.2, 0) is 12.8 Å². The molecule has 1 aromatic carbocycles. The SMILES string of the molecule is CCCc1nc2scc(-c3ccc(CC)cc3)c2c(=O)n1C1CCN(C)CC1. The van der Waals surface area contributed by atoms with Crippen molar-refractivity contribution in [3.63, 3.8) is 0 Å². The van der Waals surface area contributed by atoms with E-state index in [1.807, 2.05) is 4.57 Å². The molecule has 1 saturated heterocycles. The number of benzene rings is 1. The Morgan fingerprint density at radius 2 is 1.86 bits per heavy atom. The fourth-order valence-electron chi connectivity index (χ4n) is 4.21. The normalized spacial score (nSPS) is 16.1. The molecule has 5 heteroatoms. The van der Waals surface area contributed by atoms with E-state index in [4.69, 9.17) is 4.98 Å². The van der Waals surface area contributed by atoms with Crippen LogP contribution in [0.15, 0.2) is 34.4 Å². The highest BCUT2D eigenvalue weighted by atomic mass is 32.1. The zero-order valence-corrected chi connectivity index (χ0v) is 17.9. The van der Waals surface area contributed by atoms with E-state index >= 15 is 0 Å². The number of rotatable bonds is 5. The van der Waals surface area contributed by atoms with Crippen molar-refractivity contribution in [2.75, 3.05) is 20.1 Å². The molecule has 3 aromatic rings. The van der Waals surface area contributed by atoms with Crippen LogP contribution >= 0.6 is 11.3 Å². The van der Waals surface area contributed by atoms with Crippen LogP contribution in [0.4, 0.5) is 0 Å². The second-order valence-corrected chi connectivity index (χ2v) is 8.73. The molecule has 4 nitrogen and oxygen atoms in total. The van der Waals surface area contributed by atoms with Gasteiger partial charge >= 0.3 is 0 Å². The summed E-state index contributed by atoms with van der Waals surface area (Å²) in [5.41, 5.74) is 3.61. The maximum absolute atomic E-state index is 13.7. The van der Waals surface area contributed by atoms with Crippen molar-refractivity contribution in [3.05, 3.63) is 51.4 Å². The summed E-state index contributed by atoms with van der Waals surface area (Å²) in [7, 11) is 2.16. The molecule has 3 heterocycles. The maximum Gasteiger partial charge on any atom is 0.263 e. The van der Waals surface area contributed by atoms with E-state index in [0.717, 1.165) is 72.4 Å². The van der Waals surface area contributed by atoms with Gasteiger partial charge in [0.05, 0.1) is 5.39 Å². The van der Waals surface area contributed by atoms with Crippen molar-refractivity contribution in [1.29, 1.82) is 0 Å². The summed E-state index contributed by atoms with van der Waals surface area (Å²) in [6.07, 6.45) is 4.92. The lowest BCUT2D eigenvalue weighted by Gasteiger charge is -2.31. The van der Waals surface area contributed by atoms with Crippen molar-refractivity contribution in [3.8, 4) is 11.1 Å². The highest BCUT2D eigenvalue weighted by Gasteiger charge is 2.24. The minimum atomic E-state index is 0.152. The highest BCUT2D eigenvalue weighted by molar-refractivity contribution is 7.17. The smallest absolute Gasteiger partial charge is 0.263 e. The van der Waals surface area contributed by atoms with Gasteiger partial charge in [-0.15, -0.1) is 11.3 Å². The first-order valence-corrected chi connectivity index (χ1v) is 11.3. The van der Waals surface area contributed by atoms with Gasteiger partial charge in [-0.3, -0.25) is 9.36 Å². The van der Waals surface area contributed by atoms with Crippen LogP contribution in [0.25, 0.3) is 21.3 Å². The van der Waals surface area contributed by atoms with Gasteiger partial charge in [0, 0.05) is 23.4 Å². The monoisotopic (exact) mass is 395 g/mol. The predicted octanol–water partition coefficient (Wildman–Crippen LogP) is 4.91. The van der Waals surface area contributed by atoms with Crippen LogP contribution in [0, 0.1) is 0 Å². The molecule has 0 radical (unpaired) electrons. The number of likely N-dealkylation sites (tertiary alicyclic amines) is 1. The molecule has 148 valence electrons. The van der Waals surface area contributed by atoms with Gasteiger partial charge in [0.15, 0.2) is 0 Å². The first-order chi connectivity index (χ1) is 13.6. The first kappa shape index (κ1) is 19.3. The molecule has 1 aliphatic rings. The predicted molar refractivity (Wildman–Crippen MR) is 118 cm³/mol. The summed E-state index contributed by atoms with van der Waals surface area (Å²) in [6.45, 7) is 6.39. The molecule has 1 fully saturated rings. The Hall–Kier alpha value is -1.98.